The molecule has 0 fully saturated rings. The van der Waals surface area contributed by atoms with E-state index in [1.165, 1.54) is 18.2 Å². The van der Waals surface area contributed by atoms with Crippen LogP contribution in [-0.4, -0.2) is 30.7 Å². The summed E-state index contributed by atoms with van der Waals surface area (Å²) < 4.78 is 42.3. The molecule has 2 aromatic rings. The molecule has 5 nitrogen and oxygen atoms in total. The van der Waals surface area contributed by atoms with E-state index in [0.29, 0.717) is 22.5 Å². The minimum absolute atomic E-state index is 0.0558. The van der Waals surface area contributed by atoms with Crippen molar-refractivity contribution >= 4 is 40.7 Å². The zero-order chi connectivity index (χ0) is 23.0. The molecule has 164 valence electrons. The third-order valence-electron chi connectivity index (χ3n) is 4.95. The van der Waals surface area contributed by atoms with Crippen molar-refractivity contribution in [3.05, 3.63) is 68.7 Å². The second-order valence-corrected chi connectivity index (χ2v) is 7.95. The van der Waals surface area contributed by atoms with Crippen molar-refractivity contribution in [2.24, 2.45) is 10.1 Å². The van der Waals surface area contributed by atoms with Gasteiger partial charge in [-0.15, -0.1) is 0 Å². The van der Waals surface area contributed by atoms with E-state index in [1.807, 2.05) is 0 Å². The number of halogens is 5. The lowest BCUT2D eigenvalue weighted by Gasteiger charge is -2.29. The van der Waals surface area contributed by atoms with Gasteiger partial charge >= 0.3 is 6.18 Å². The number of rotatable bonds is 3. The zero-order valence-corrected chi connectivity index (χ0v) is 18.3. The lowest BCUT2D eigenvalue weighted by atomic mass is 9.86. The van der Waals surface area contributed by atoms with Crippen LogP contribution in [0, 0.1) is 6.92 Å². The van der Waals surface area contributed by atoms with Crippen LogP contribution in [-0.2, 0) is 10.4 Å². The van der Waals surface area contributed by atoms with Crippen LogP contribution in [0.3, 0.4) is 0 Å². The normalized spacial score (nSPS) is 19.1. The molecule has 10 heteroatoms. The van der Waals surface area contributed by atoms with Crippen molar-refractivity contribution in [3.63, 3.8) is 0 Å². The van der Waals surface area contributed by atoms with E-state index in [2.05, 4.69) is 15.5 Å². The highest BCUT2D eigenvalue weighted by atomic mass is 35.5. The second-order valence-electron chi connectivity index (χ2n) is 7.08. The molecule has 0 bridgehead atoms. The average molecular weight is 472 g/mol. The highest BCUT2D eigenvalue weighted by molar-refractivity contribution is 6.34. The third kappa shape index (κ3) is 4.55. The first-order valence-corrected chi connectivity index (χ1v) is 9.86. The van der Waals surface area contributed by atoms with E-state index >= 15 is 0 Å². The van der Waals surface area contributed by atoms with Crippen LogP contribution >= 0.6 is 23.2 Å². The number of carbonyl (C=O) groups is 1. The Bertz CT molecular complexity index is 1080. The summed E-state index contributed by atoms with van der Waals surface area (Å²) in [6.07, 6.45) is -5.35. The Hall–Kier alpha value is -2.58. The van der Waals surface area contributed by atoms with Crippen molar-refractivity contribution in [3.8, 4) is 0 Å². The van der Waals surface area contributed by atoms with Gasteiger partial charge in [-0.25, -0.2) is 0 Å². The lowest BCUT2D eigenvalue weighted by Crippen LogP contribution is -2.42. The summed E-state index contributed by atoms with van der Waals surface area (Å²) >= 11 is 11.8. The molecule has 1 atom stereocenters. The minimum Gasteiger partial charge on any atom is -0.374 e. The van der Waals surface area contributed by atoms with E-state index < -0.39 is 18.2 Å². The van der Waals surface area contributed by atoms with Gasteiger partial charge in [0.1, 0.15) is 0 Å². The first-order valence-electron chi connectivity index (χ1n) is 9.11. The van der Waals surface area contributed by atoms with Crippen LogP contribution in [0.2, 0.25) is 10.0 Å². The summed E-state index contributed by atoms with van der Waals surface area (Å²) in [5, 5.41) is 6.46. The fourth-order valence-corrected chi connectivity index (χ4v) is 3.76. The summed E-state index contributed by atoms with van der Waals surface area (Å²) in [5.41, 5.74) is -1.51. The van der Waals surface area contributed by atoms with E-state index in [0.717, 1.165) is 12.1 Å². The fraction of sp³-hybridized carbons (Fsp3) is 0.286. The maximum absolute atomic E-state index is 14.1. The molecule has 31 heavy (non-hydrogen) atoms. The molecule has 3 rings (SSSR count). The van der Waals surface area contributed by atoms with Gasteiger partial charge in [0, 0.05) is 34.6 Å². The number of aliphatic imine (C=N–C) groups is 1. The molecular weight excluding hydrogens is 454 g/mol. The number of benzene rings is 2. The van der Waals surface area contributed by atoms with E-state index in [9.17, 15) is 18.0 Å². The first kappa shape index (κ1) is 23.1. The Morgan fingerprint density at radius 3 is 2.39 bits per heavy atom. The Balaban J connectivity index is 1.94. The van der Waals surface area contributed by atoms with Crippen LogP contribution in [0.5, 0.6) is 0 Å². The number of nitrogens with one attached hydrogen (secondary N) is 1. The quantitative estimate of drug-likeness (QED) is 0.463. The maximum Gasteiger partial charge on any atom is 0.435 e. The third-order valence-corrected chi connectivity index (χ3v) is 5.39. The van der Waals surface area contributed by atoms with Crippen molar-refractivity contribution < 1.29 is 22.8 Å². The molecule has 1 heterocycles. The first-order chi connectivity index (χ1) is 14.5. The summed E-state index contributed by atoms with van der Waals surface area (Å²) in [6.45, 7) is 3.33. The van der Waals surface area contributed by atoms with Crippen LogP contribution < -0.4 is 5.32 Å². The van der Waals surface area contributed by atoms with Gasteiger partial charge in [-0.1, -0.05) is 34.4 Å². The van der Waals surface area contributed by atoms with Gasteiger partial charge in [0.05, 0.1) is 11.5 Å². The predicted molar refractivity (Wildman–Crippen MR) is 114 cm³/mol. The highest BCUT2D eigenvalue weighted by Crippen LogP contribution is 2.49. The van der Waals surface area contributed by atoms with E-state index in [1.54, 1.807) is 27.0 Å². The number of carbonyl (C=O) groups excluding carboxylic acids is 1. The number of amidine groups is 1. The zero-order valence-electron chi connectivity index (χ0n) is 16.8. The van der Waals surface area contributed by atoms with E-state index in [4.69, 9.17) is 28.0 Å². The van der Waals surface area contributed by atoms with Crippen LogP contribution in [0.25, 0.3) is 0 Å². The molecule has 2 aromatic carbocycles. The predicted octanol–water partition coefficient (Wildman–Crippen LogP) is 5.66. The van der Waals surface area contributed by atoms with Gasteiger partial charge < -0.3 is 10.2 Å². The van der Waals surface area contributed by atoms with Crippen LogP contribution in [0.15, 0.2) is 46.5 Å². The van der Waals surface area contributed by atoms with Crippen LogP contribution in [0.4, 0.5) is 13.2 Å². The molecule has 0 aliphatic carbocycles. The van der Waals surface area contributed by atoms with Gasteiger partial charge in [0.25, 0.3) is 11.5 Å². The smallest absolute Gasteiger partial charge is 0.374 e. The Morgan fingerprint density at radius 2 is 1.84 bits per heavy atom. The van der Waals surface area contributed by atoms with E-state index in [-0.39, 0.29) is 27.2 Å². The Morgan fingerprint density at radius 1 is 1.19 bits per heavy atom. The average Bonchev–Trinajstić information content (AvgIpc) is 3.13. The number of hydrogen-bond donors (Lipinski definition) is 1. The van der Waals surface area contributed by atoms with Gasteiger partial charge in [0.2, 0.25) is 0 Å². The SMILES string of the molecule is CN=C(C)NC(=O)c1ccc(C2=NOC(c3cc(Cl)cc(Cl)c3)(C(F)(F)F)C2)cc1C. The van der Waals surface area contributed by atoms with Crippen molar-refractivity contribution in [2.75, 3.05) is 7.05 Å². The maximum atomic E-state index is 14.1. The summed E-state index contributed by atoms with van der Waals surface area (Å²) in [5.74, 6) is 0.0761. The topological polar surface area (TPSA) is 63.0 Å². The van der Waals surface area contributed by atoms with Gasteiger partial charge in [-0.05, 0) is 55.3 Å². The summed E-state index contributed by atoms with van der Waals surface area (Å²) in [6, 6.07) is 8.30. The van der Waals surface area contributed by atoms with Crippen LogP contribution in [0.1, 0.15) is 40.4 Å². The fourth-order valence-electron chi connectivity index (χ4n) is 3.23. The second kappa shape index (κ2) is 8.51. The molecule has 0 saturated carbocycles. The number of alkyl halides is 3. The molecular formula is C21H18Cl2F3N3O2. The van der Waals surface area contributed by atoms with Gasteiger partial charge in [-0.2, -0.15) is 13.2 Å². The molecule has 0 saturated heterocycles. The standard InChI is InChI=1S/C21H18Cl2F3N3O2/c1-11-6-13(4-5-17(11)19(30)28-12(2)27-3)18-10-20(31-29-18,21(24,25)26)14-7-15(22)9-16(23)8-14/h4-9H,10H2,1-3H3,(H,27,28,30). The van der Waals surface area contributed by atoms with Crippen molar-refractivity contribution in [1.29, 1.82) is 0 Å². The molecule has 0 radical (unpaired) electrons. The number of amides is 1. The summed E-state index contributed by atoms with van der Waals surface area (Å²) in [7, 11) is 1.55. The monoisotopic (exact) mass is 471 g/mol. The highest BCUT2D eigenvalue weighted by Gasteiger charge is 2.62. The molecule has 1 aliphatic heterocycles. The number of oxime groups is 1. The van der Waals surface area contributed by atoms with Crippen molar-refractivity contribution in [2.45, 2.75) is 32.0 Å². The molecule has 1 amide bonds. The van der Waals surface area contributed by atoms with Gasteiger partial charge in [-0.3, -0.25) is 9.79 Å². The molecule has 0 aromatic heterocycles. The number of hydrogen-bond acceptors (Lipinski definition) is 4. The molecule has 1 aliphatic rings. The van der Waals surface area contributed by atoms with Gasteiger partial charge in [0.15, 0.2) is 0 Å². The minimum atomic E-state index is -4.78. The number of nitrogens with zero attached hydrogens (tertiary/aromatic N) is 2. The number of aryl methyl sites for hydroxylation is 1. The molecule has 1 N–H and O–H groups in total. The Kier molecular flexibility index (Phi) is 6.34. The largest absolute Gasteiger partial charge is 0.435 e. The molecule has 0 spiro atoms. The lowest BCUT2D eigenvalue weighted by molar-refractivity contribution is -0.275. The summed E-state index contributed by atoms with van der Waals surface area (Å²) in [4.78, 5) is 21.2. The van der Waals surface area contributed by atoms with Crippen molar-refractivity contribution in [1.82, 2.24) is 5.32 Å². The molecule has 1 unspecified atom stereocenters. The Labute approximate surface area is 186 Å².